The molecule has 92 valence electrons. The smallest absolute Gasteiger partial charge is 0.164 e. The number of nitrogens with one attached hydrogen (secondary N) is 1. The number of ketones is 1. The Balaban J connectivity index is 2.03. The molecule has 1 saturated heterocycles. The standard InChI is InChI=1S/C14H19NO2/c1-10-3-4-13(11(2)7-10)14(16)8-12-9-17-6-5-15-12/h3-4,7,12,15H,5-6,8-9H2,1-2H3. The first-order chi connectivity index (χ1) is 8.16. The Morgan fingerprint density at radius 2 is 2.29 bits per heavy atom. The van der Waals surface area contributed by atoms with Gasteiger partial charge in [-0.3, -0.25) is 4.79 Å². The molecular formula is C14H19NO2. The van der Waals surface area contributed by atoms with Crippen LogP contribution in [-0.4, -0.2) is 31.6 Å². The molecular weight excluding hydrogens is 214 g/mol. The summed E-state index contributed by atoms with van der Waals surface area (Å²) in [4.78, 5) is 12.1. The summed E-state index contributed by atoms with van der Waals surface area (Å²) in [7, 11) is 0. The van der Waals surface area contributed by atoms with Crippen molar-refractivity contribution >= 4 is 5.78 Å². The zero-order valence-electron chi connectivity index (χ0n) is 10.5. The molecule has 0 aliphatic carbocycles. The van der Waals surface area contributed by atoms with E-state index in [0.717, 1.165) is 24.3 Å². The molecule has 3 nitrogen and oxygen atoms in total. The summed E-state index contributed by atoms with van der Waals surface area (Å²) in [6.45, 7) is 6.25. The average molecular weight is 233 g/mol. The number of benzene rings is 1. The van der Waals surface area contributed by atoms with Crippen LogP contribution in [0.5, 0.6) is 0 Å². The van der Waals surface area contributed by atoms with Crippen LogP contribution in [-0.2, 0) is 4.74 Å². The Morgan fingerprint density at radius 1 is 1.47 bits per heavy atom. The number of hydrogen-bond acceptors (Lipinski definition) is 3. The van der Waals surface area contributed by atoms with Crippen molar-refractivity contribution in [3.05, 3.63) is 34.9 Å². The summed E-state index contributed by atoms with van der Waals surface area (Å²) in [5.74, 6) is 0.200. The van der Waals surface area contributed by atoms with Crippen LogP contribution >= 0.6 is 0 Å². The van der Waals surface area contributed by atoms with Crippen LogP contribution in [0.3, 0.4) is 0 Å². The minimum Gasteiger partial charge on any atom is -0.378 e. The maximum atomic E-state index is 12.1. The quantitative estimate of drug-likeness (QED) is 0.810. The van der Waals surface area contributed by atoms with Gasteiger partial charge < -0.3 is 10.1 Å². The first kappa shape index (κ1) is 12.3. The fourth-order valence-corrected chi connectivity index (χ4v) is 2.21. The molecule has 0 aromatic heterocycles. The summed E-state index contributed by atoms with van der Waals surface area (Å²) in [5, 5.41) is 3.30. The lowest BCUT2D eigenvalue weighted by molar-refractivity contribution is 0.0676. The Bertz CT molecular complexity index is 409. The minimum atomic E-state index is 0.164. The van der Waals surface area contributed by atoms with E-state index in [-0.39, 0.29) is 11.8 Å². The molecule has 3 heteroatoms. The van der Waals surface area contributed by atoms with E-state index in [0.29, 0.717) is 13.0 Å². The largest absolute Gasteiger partial charge is 0.378 e. The van der Waals surface area contributed by atoms with E-state index in [1.54, 1.807) is 0 Å². The van der Waals surface area contributed by atoms with Crippen LogP contribution < -0.4 is 5.32 Å². The highest BCUT2D eigenvalue weighted by Crippen LogP contribution is 2.14. The minimum absolute atomic E-state index is 0.164. The van der Waals surface area contributed by atoms with E-state index in [2.05, 4.69) is 11.4 Å². The number of carbonyl (C=O) groups is 1. The topological polar surface area (TPSA) is 38.3 Å². The molecule has 1 unspecified atom stereocenters. The Kier molecular flexibility index (Phi) is 3.92. The molecule has 1 aliphatic heterocycles. The van der Waals surface area contributed by atoms with Crippen molar-refractivity contribution in [1.82, 2.24) is 5.32 Å². The third-order valence-electron chi connectivity index (χ3n) is 3.11. The van der Waals surface area contributed by atoms with Crippen molar-refractivity contribution in [2.75, 3.05) is 19.8 Å². The second-order valence-corrected chi connectivity index (χ2v) is 4.67. The van der Waals surface area contributed by atoms with E-state index in [4.69, 9.17) is 4.74 Å². The lowest BCUT2D eigenvalue weighted by Crippen LogP contribution is -2.42. The van der Waals surface area contributed by atoms with E-state index < -0.39 is 0 Å². The van der Waals surface area contributed by atoms with Gasteiger partial charge in [0.2, 0.25) is 0 Å². The van der Waals surface area contributed by atoms with Crippen LogP contribution in [0.2, 0.25) is 0 Å². The highest BCUT2D eigenvalue weighted by atomic mass is 16.5. The molecule has 1 atom stereocenters. The van der Waals surface area contributed by atoms with Crippen molar-refractivity contribution in [1.29, 1.82) is 0 Å². The molecule has 1 aromatic carbocycles. The molecule has 0 saturated carbocycles. The predicted octanol–water partition coefficient (Wildman–Crippen LogP) is 1.86. The molecule has 1 aromatic rings. The van der Waals surface area contributed by atoms with E-state index in [9.17, 15) is 4.79 Å². The number of hydrogen-bond donors (Lipinski definition) is 1. The number of morpholine rings is 1. The molecule has 1 fully saturated rings. The van der Waals surface area contributed by atoms with Gasteiger partial charge in [-0.05, 0) is 19.4 Å². The lowest BCUT2D eigenvalue weighted by Gasteiger charge is -2.23. The van der Waals surface area contributed by atoms with Gasteiger partial charge in [0.1, 0.15) is 0 Å². The van der Waals surface area contributed by atoms with E-state index >= 15 is 0 Å². The normalized spacial score (nSPS) is 20.2. The van der Waals surface area contributed by atoms with Gasteiger partial charge in [0.25, 0.3) is 0 Å². The maximum absolute atomic E-state index is 12.1. The summed E-state index contributed by atoms with van der Waals surface area (Å²) < 4.78 is 5.35. The van der Waals surface area contributed by atoms with Gasteiger partial charge in [0.15, 0.2) is 5.78 Å². The molecule has 0 bridgehead atoms. The van der Waals surface area contributed by atoms with Crippen LogP contribution in [0.4, 0.5) is 0 Å². The van der Waals surface area contributed by atoms with Gasteiger partial charge >= 0.3 is 0 Å². The zero-order valence-corrected chi connectivity index (χ0v) is 10.5. The number of aryl methyl sites for hydroxylation is 2. The molecule has 1 heterocycles. The van der Waals surface area contributed by atoms with Gasteiger partial charge in [-0.2, -0.15) is 0 Å². The van der Waals surface area contributed by atoms with Gasteiger partial charge in [-0.1, -0.05) is 23.8 Å². The Hall–Kier alpha value is -1.19. The summed E-state index contributed by atoms with van der Waals surface area (Å²) in [6, 6.07) is 6.14. The predicted molar refractivity (Wildman–Crippen MR) is 67.5 cm³/mol. The average Bonchev–Trinajstić information content (AvgIpc) is 2.30. The fourth-order valence-electron chi connectivity index (χ4n) is 2.21. The number of carbonyl (C=O) groups excluding carboxylic acids is 1. The van der Waals surface area contributed by atoms with E-state index in [1.807, 2.05) is 26.0 Å². The molecule has 0 spiro atoms. The molecule has 0 amide bonds. The van der Waals surface area contributed by atoms with Gasteiger partial charge in [-0.15, -0.1) is 0 Å². The Labute approximate surface area is 102 Å². The van der Waals surface area contributed by atoms with Crippen molar-refractivity contribution in [3.8, 4) is 0 Å². The Morgan fingerprint density at radius 3 is 2.94 bits per heavy atom. The van der Waals surface area contributed by atoms with Gasteiger partial charge in [0.05, 0.1) is 13.2 Å². The van der Waals surface area contributed by atoms with Crippen molar-refractivity contribution in [2.45, 2.75) is 26.3 Å². The number of ether oxygens (including phenoxy) is 1. The summed E-state index contributed by atoms with van der Waals surface area (Å²) >= 11 is 0. The van der Waals surface area contributed by atoms with Crippen molar-refractivity contribution in [3.63, 3.8) is 0 Å². The van der Waals surface area contributed by atoms with Crippen LogP contribution in [0, 0.1) is 13.8 Å². The maximum Gasteiger partial charge on any atom is 0.164 e. The van der Waals surface area contributed by atoms with Crippen LogP contribution in [0.1, 0.15) is 27.9 Å². The van der Waals surface area contributed by atoms with Crippen LogP contribution in [0.15, 0.2) is 18.2 Å². The molecule has 1 N–H and O–H groups in total. The molecule has 17 heavy (non-hydrogen) atoms. The number of rotatable bonds is 3. The fraction of sp³-hybridized carbons (Fsp3) is 0.500. The van der Waals surface area contributed by atoms with E-state index in [1.165, 1.54) is 5.56 Å². The monoisotopic (exact) mass is 233 g/mol. The first-order valence-corrected chi connectivity index (χ1v) is 6.08. The second-order valence-electron chi connectivity index (χ2n) is 4.67. The summed E-state index contributed by atoms with van der Waals surface area (Å²) in [5.41, 5.74) is 3.09. The van der Waals surface area contributed by atoms with Crippen molar-refractivity contribution < 1.29 is 9.53 Å². The molecule has 0 radical (unpaired) electrons. The van der Waals surface area contributed by atoms with Crippen molar-refractivity contribution in [2.24, 2.45) is 0 Å². The third-order valence-corrected chi connectivity index (χ3v) is 3.11. The number of Topliss-reactive ketones (excluding diaryl/α,β-unsaturated/α-hetero) is 1. The SMILES string of the molecule is Cc1ccc(C(=O)CC2COCCN2)c(C)c1. The summed E-state index contributed by atoms with van der Waals surface area (Å²) in [6.07, 6.45) is 0.518. The lowest BCUT2D eigenvalue weighted by atomic mass is 9.98. The third kappa shape index (κ3) is 3.14. The molecule has 1 aliphatic rings. The van der Waals surface area contributed by atoms with Crippen LogP contribution in [0.25, 0.3) is 0 Å². The molecule has 2 rings (SSSR count). The zero-order chi connectivity index (χ0) is 12.3. The second kappa shape index (κ2) is 5.43. The highest BCUT2D eigenvalue weighted by molar-refractivity contribution is 5.97. The van der Waals surface area contributed by atoms with Gasteiger partial charge in [-0.25, -0.2) is 0 Å². The highest BCUT2D eigenvalue weighted by Gasteiger charge is 2.18. The first-order valence-electron chi connectivity index (χ1n) is 6.08. The van der Waals surface area contributed by atoms with Gasteiger partial charge in [0, 0.05) is 24.6 Å².